The number of carbonyl (C=O) groups is 2. The summed E-state index contributed by atoms with van der Waals surface area (Å²) in [5.41, 5.74) is 0.136. The van der Waals surface area contributed by atoms with Crippen LogP contribution in [0.5, 0.6) is 0 Å². The van der Waals surface area contributed by atoms with Gasteiger partial charge in [0.05, 0.1) is 19.6 Å². The van der Waals surface area contributed by atoms with Crippen molar-refractivity contribution in [1.82, 2.24) is 0 Å². The molecule has 5 nitrogen and oxygen atoms in total. The molecule has 0 spiro atoms. The van der Waals surface area contributed by atoms with Crippen molar-refractivity contribution in [3.05, 3.63) is 12.2 Å². The van der Waals surface area contributed by atoms with Crippen molar-refractivity contribution >= 4 is 11.9 Å². The van der Waals surface area contributed by atoms with Crippen molar-refractivity contribution in [3.63, 3.8) is 0 Å². The molecule has 0 saturated carbocycles. The predicted molar refractivity (Wildman–Crippen MR) is 120 cm³/mol. The average molecular weight is 425 g/mol. The Morgan fingerprint density at radius 1 is 0.800 bits per heavy atom. The van der Waals surface area contributed by atoms with Crippen molar-refractivity contribution in [1.29, 1.82) is 0 Å². The lowest BCUT2D eigenvalue weighted by Crippen LogP contribution is -2.15. The summed E-state index contributed by atoms with van der Waals surface area (Å²) in [4.78, 5) is 23.4. The van der Waals surface area contributed by atoms with Crippen LogP contribution in [0.1, 0.15) is 110 Å². The molecule has 0 amide bonds. The lowest BCUT2D eigenvalue weighted by Gasteiger charge is -2.07. The molecule has 1 aliphatic rings. The summed E-state index contributed by atoms with van der Waals surface area (Å²) in [5.74, 6) is -0.959. The van der Waals surface area contributed by atoms with Gasteiger partial charge >= 0.3 is 11.9 Å². The molecule has 0 N–H and O–H groups in total. The van der Waals surface area contributed by atoms with Gasteiger partial charge in [-0.25, -0.2) is 4.79 Å². The summed E-state index contributed by atoms with van der Waals surface area (Å²) < 4.78 is 15.1. The van der Waals surface area contributed by atoms with E-state index < -0.39 is 11.9 Å². The largest absolute Gasteiger partial charge is 0.465 e. The molecule has 1 atom stereocenters. The zero-order valence-electron chi connectivity index (χ0n) is 19.3. The first-order valence-corrected chi connectivity index (χ1v) is 12.3. The van der Waals surface area contributed by atoms with Crippen LogP contribution in [0.25, 0.3) is 0 Å². The lowest BCUT2D eigenvalue weighted by molar-refractivity contribution is -0.146. The first kappa shape index (κ1) is 26.7. The standard InChI is InChI=1S/C25H44O5/c1-3-4-5-6-7-8-9-10-11-12-13-14-15-16-17-18-28-24(26)19-22(2)25(27)30-21-23-20-29-23/h23H,2-21H2,1H3. The minimum atomic E-state index is -0.547. The van der Waals surface area contributed by atoms with E-state index in [-0.39, 0.29) is 24.7 Å². The monoisotopic (exact) mass is 424 g/mol. The van der Waals surface area contributed by atoms with Gasteiger partial charge in [-0.15, -0.1) is 0 Å². The van der Waals surface area contributed by atoms with E-state index in [2.05, 4.69) is 13.5 Å². The normalized spacial score (nSPS) is 15.0. The van der Waals surface area contributed by atoms with Gasteiger partial charge in [0.25, 0.3) is 0 Å². The molecule has 1 heterocycles. The molecule has 30 heavy (non-hydrogen) atoms. The summed E-state index contributed by atoms with van der Waals surface area (Å²) in [6.45, 7) is 7.13. The molecule has 0 bridgehead atoms. The van der Waals surface area contributed by atoms with Gasteiger partial charge in [0, 0.05) is 5.57 Å². The number of ether oxygens (including phenoxy) is 3. The Hall–Kier alpha value is -1.36. The zero-order chi connectivity index (χ0) is 21.9. The van der Waals surface area contributed by atoms with Gasteiger partial charge in [0.2, 0.25) is 0 Å². The second kappa shape index (κ2) is 18.4. The van der Waals surface area contributed by atoms with Gasteiger partial charge in [-0.2, -0.15) is 0 Å². The summed E-state index contributed by atoms with van der Waals surface area (Å²) in [7, 11) is 0. The highest BCUT2D eigenvalue weighted by atomic mass is 16.6. The van der Waals surface area contributed by atoms with E-state index >= 15 is 0 Å². The Balaban J connectivity index is 1.78. The summed E-state index contributed by atoms with van der Waals surface area (Å²) in [6.07, 6.45) is 19.5. The molecule has 0 aliphatic carbocycles. The molecule has 0 radical (unpaired) electrons. The van der Waals surface area contributed by atoms with Crippen molar-refractivity contribution in [3.8, 4) is 0 Å². The van der Waals surface area contributed by atoms with Crippen LogP contribution in [0.2, 0.25) is 0 Å². The molecular formula is C25H44O5. The van der Waals surface area contributed by atoms with Crippen LogP contribution < -0.4 is 0 Å². The quantitative estimate of drug-likeness (QED) is 0.0937. The molecule has 0 aromatic carbocycles. The lowest BCUT2D eigenvalue weighted by atomic mass is 10.0. The topological polar surface area (TPSA) is 65.1 Å². The first-order valence-electron chi connectivity index (χ1n) is 12.3. The van der Waals surface area contributed by atoms with Crippen molar-refractivity contribution in [2.24, 2.45) is 0 Å². The van der Waals surface area contributed by atoms with Crippen LogP contribution in [0.15, 0.2) is 12.2 Å². The maximum absolute atomic E-state index is 11.7. The van der Waals surface area contributed by atoms with E-state index in [1.165, 1.54) is 83.5 Å². The Morgan fingerprint density at radius 3 is 1.73 bits per heavy atom. The Bertz CT molecular complexity index is 470. The Morgan fingerprint density at radius 2 is 1.27 bits per heavy atom. The van der Waals surface area contributed by atoms with Crippen LogP contribution >= 0.6 is 0 Å². The van der Waals surface area contributed by atoms with E-state index in [4.69, 9.17) is 14.2 Å². The smallest absolute Gasteiger partial charge is 0.334 e. The van der Waals surface area contributed by atoms with E-state index in [1.807, 2.05) is 0 Å². The van der Waals surface area contributed by atoms with Gasteiger partial charge < -0.3 is 14.2 Å². The molecule has 1 aliphatic heterocycles. The molecule has 1 rings (SSSR count). The Labute approximate surface area is 183 Å². The third-order valence-electron chi connectivity index (χ3n) is 5.46. The van der Waals surface area contributed by atoms with Crippen molar-refractivity contribution < 1.29 is 23.8 Å². The number of unbranched alkanes of at least 4 members (excludes halogenated alkanes) is 14. The van der Waals surface area contributed by atoms with Crippen molar-refractivity contribution in [2.45, 2.75) is 116 Å². The third-order valence-corrected chi connectivity index (χ3v) is 5.46. The van der Waals surface area contributed by atoms with Gasteiger partial charge in [-0.05, 0) is 6.42 Å². The molecule has 0 aromatic heterocycles. The fourth-order valence-electron chi connectivity index (χ4n) is 3.39. The van der Waals surface area contributed by atoms with Crippen LogP contribution in [0, 0.1) is 0 Å². The molecule has 1 unspecified atom stereocenters. The second-order valence-corrected chi connectivity index (χ2v) is 8.50. The molecule has 1 saturated heterocycles. The van der Waals surface area contributed by atoms with Crippen LogP contribution in [0.4, 0.5) is 0 Å². The maximum Gasteiger partial charge on any atom is 0.334 e. The van der Waals surface area contributed by atoms with E-state index in [9.17, 15) is 9.59 Å². The van der Waals surface area contributed by atoms with Gasteiger partial charge in [-0.1, -0.05) is 103 Å². The third kappa shape index (κ3) is 16.4. The Kier molecular flexibility index (Phi) is 16.4. The number of hydrogen-bond acceptors (Lipinski definition) is 5. The SMILES string of the molecule is C=C(CC(=O)OCCCCCCCCCCCCCCCCC)C(=O)OCC1CO1. The minimum absolute atomic E-state index is 0.0128. The highest BCUT2D eigenvalue weighted by Crippen LogP contribution is 2.14. The fraction of sp³-hybridized carbons (Fsp3) is 0.840. The molecule has 1 fully saturated rings. The van der Waals surface area contributed by atoms with Crippen LogP contribution in [-0.2, 0) is 23.8 Å². The number of carbonyl (C=O) groups excluding carboxylic acids is 2. The number of esters is 2. The fourth-order valence-corrected chi connectivity index (χ4v) is 3.39. The number of rotatable bonds is 21. The number of epoxide rings is 1. The van der Waals surface area contributed by atoms with Gasteiger partial charge in [0.15, 0.2) is 0 Å². The highest BCUT2D eigenvalue weighted by Gasteiger charge is 2.25. The predicted octanol–water partition coefficient (Wildman–Crippen LogP) is 6.29. The second-order valence-electron chi connectivity index (χ2n) is 8.50. The van der Waals surface area contributed by atoms with E-state index in [1.54, 1.807) is 0 Å². The van der Waals surface area contributed by atoms with Gasteiger partial charge in [0.1, 0.15) is 12.7 Å². The highest BCUT2D eigenvalue weighted by molar-refractivity contribution is 5.93. The van der Waals surface area contributed by atoms with Gasteiger partial charge in [-0.3, -0.25) is 4.79 Å². The zero-order valence-corrected chi connectivity index (χ0v) is 19.3. The summed E-state index contributed by atoms with van der Waals surface area (Å²) >= 11 is 0. The molecular weight excluding hydrogens is 380 g/mol. The molecule has 174 valence electrons. The number of hydrogen-bond donors (Lipinski definition) is 0. The minimum Gasteiger partial charge on any atom is -0.465 e. The van der Waals surface area contributed by atoms with E-state index in [0.29, 0.717) is 13.2 Å². The van der Waals surface area contributed by atoms with Crippen LogP contribution in [0.3, 0.4) is 0 Å². The van der Waals surface area contributed by atoms with Crippen LogP contribution in [-0.4, -0.2) is 37.9 Å². The molecule has 5 heteroatoms. The van der Waals surface area contributed by atoms with Crippen molar-refractivity contribution in [2.75, 3.05) is 19.8 Å². The molecule has 0 aromatic rings. The summed E-state index contributed by atoms with van der Waals surface area (Å²) in [6, 6.07) is 0. The van der Waals surface area contributed by atoms with E-state index in [0.717, 1.165) is 12.8 Å². The first-order chi connectivity index (χ1) is 14.6. The average Bonchev–Trinajstić information content (AvgIpc) is 3.56. The maximum atomic E-state index is 11.7. The summed E-state index contributed by atoms with van der Waals surface area (Å²) in [5, 5.41) is 0.